The number of carbonyl (C=O) groups is 1. The van der Waals surface area contributed by atoms with Gasteiger partial charge in [0.15, 0.2) is 5.76 Å². The van der Waals surface area contributed by atoms with Gasteiger partial charge < -0.3 is 19.7 Å². The number of carbonyl (C=O) groups excluding carboxylic acids is 1. The molecule has 1 aromatic heterocycles. The Morgan fingerprint density at radius 2 is 2.11 bits per heavy atom. The minimum atomic E-state index is -0.541. The molecule has 3 rings (SSSR count). The average molecular weight is 380 g/mol. The second-order valence-corrected chi connectivity index (χ2v) is 8.17. The fourth-order valence-corrected chi connectivity index (χ4v) is 3.79. The molecule has 0 aliphatic carbocycles. The second kappa shape index (κ2) is 9.66. The van der Waals surface area contributed by atoms with E-state index in [9.17, 15) is 9.90 Å². The maximum Gasteiger partial charge on any atom is 0.222 e. The van der Waals surface area contributed by atoms with E-state index < -0.39 is 6.10 Å². The first kappa shape index (κ1) is 20.3. The van der Waals surface area contributed by atoms with Crippen LogP contribution in [0.5, 0.6) is 0 Å². The lowest BCUT2D eigenvalue weighted by molar-refractivity contribution is -0.131. The van der Waals surface area contributed by atoms with Crippen molar-refractivity contribution in [1.82, 2.24) is 15.4 Å². The number of rotatable bonds is 7. The first-order chi connectivity index (χ1) is 13.0. The molecule has 1 aromatic rings. The van der Waals surface area contributed by atoms with Gasteiger partial charge in [-0.2, -0.15) is 0 Å². The first-order valence-corrected chi connectivity index (χ1v) is 10.3. The molecule has 2 N–H and O–H groups in total. The summed E-state index contributed by atoms with van der Waals surface area (Å²) in [7, 11) is 0. The van der Waals surface area contributed by atoms with Gasteiger partial charge in [-0.3, -0.25) is 9.69 Å². The average Bonchev–Trinajstić information content (AvgIpc) is 3.09. The van der Waals surface area contributed by atoms with Crippen molar-refractivity contribution in [3.05, 3.63) is 17.5 Å². The highest BCUT2D eigenvalue weighted by atomic mass is 16.5. The standard InChI is InChI=1S/C20H33N3O4/c1-14(2)20(25)21-12-19-18(24)7-6-16(26-19)10-15-11-17(27-22-15)13-23-8-4-3-5-9-23/h11,14,16,18-19,24H,3-10,12-13H2,1-2H3,(H,21,25)/t16-,18-,19+/m0/s1. The van der Waals surface area contributed by atoms with Crippen LogP contribution >= 0.6 is 0 Å². The van der Waals surface area contributed by atoms with Gasteiger partial charge in [-0.05, 0) is 38.8 Å². The van der Waals surface area contributed by atoms with Gasteiger partial charge in [0.2, 0.25) is 5.91 Å². The van der Waals surface area contributed by atoms with Gasteiger partial charge in [0, 0.05) is 24.9 Å². The van der Waals surface area contributed by atoms with E-state index in [1.165, 1.54) is 19.3 Å². The highest BCUT2D eigenvalue weighted by Gasteiger charge is 2.31. The Hall–Kier alpha value is -1.44. The summed E-state index contributed by atoms with van der Waals surface area (Å²) in [5, 5.41) is 17.2. The molecule has 0 aromatic carbocycles. The van der Waals surface area contributed by atoms with Gasteiger partial charge >= 0.3 is 0 Å². The Bertz CT molecular complexity index is 598. The number of aromatic nitrogens is 1. The van der Waals surface area contributed by atoms with Gasteiger partial charge in [0.1, 0.15) is 6.10 Å². The predicted molar refractivity (Wildman–Crippen MR) is 101 cm³/mol. The molecule has 0 bridgehead atoms. The van der Waals surface area contributed by atoms with E-state index >= 15 is 0 Å². The number of hydrogen-bond acceptors (Lipinski definition) is 6. The maximum absolute atomic E-state index is 11.8. The van der Waals surface area contributed by atoms with E-state index in [-0.39, 0.29) is 24.0 Å². The van der Waals surface area contributed by atoms with Crippen molar-refractivity contribution in [1.29, 1.82) is 0 Å². The highest BCUT2D eigenvalue weighted by molar-refractivity contribution is 5.77. The number of piperidine rings is 1. The molecule has 3 heterocycles. The van der Waals surface area contributed by atoms with Crippen LogP contribution in [0, 0.1) is 5.92 Å². The molecular weight excluding hydrogens is 346 g/mol. The molecule has 0 radical (unpaired) electrons. The fourth-order valence-electron chi connectivity index (χ4n) is 3.79. The van der Waals surface area contributed by atoms with Crippen molar-refractivity contribution in [2.45, 2.75) is 77.2 Å². The largest absolute Gasteiger partial charge is 0.390 e. The summed E-state index contributed by atoms with van der Waals surface area (Å²) in [4.78, 5) is 14.2. The first-order valence-electron chi connectivity index (χ1n) is 10.3. The quantitative estimate of drug-likeness (QED) is 0.752. The summed E-state index contributed by atoms with van der Waals surface area (Å²) in [6.07, 6.45) is 5.04. The van der Waals surface area contributed by atoms with Crippen molar-refractivity contribution in [2.24, 2.45) is 5.92 Å². The van der Waals surface area contributed by atoms with Crippen LogP contribution in [0.3, 0.4) is 0 Å². The van der Waals surface area contributed by atoms with Crippen molar-refractivity contribution in [2.75, 3.05) is 19.6 Å². The van der Waals surface area contributed by atoms with Gasteiger partial charge in [0.25, 0.3) is 0 Å². The summed E-state index contributed by atoms with van der Waals surface area (Å²) >= 11 is 0. The van der Waals surface area contributed by atoms with Crippen LogP contribution in [0.25, 0.3) is 0 Å². The molecule has 27 heavy (non-hydrogen) atoms. The fraction of sp³-hybridized carbons (Fsp3) is 0.800. The Balaban J connectivity index is 1.47. The van der Waals surface area contributed by atoms with Crippen LogP contribution in [0.15, 0.2) is 10.6 Å². The number of nitrogens with zero attached hydrogens (tertiary/aromatic N) is 2. The van der Waals surface area contributed by atoms with Crippen LogP contribution in [-0.4, -0.2) is 59.0 Å². The molecule has 7 nitrogen and oxygen atoms in total. The molecule has 152 valence electrons. The third-order valence-electron chi connectivity index (χ3n) is 5.46. The van der Waals surface area contributed by atoms with E-state index in [2.05, 4.69) is 15.4 Å². The van der Waals surface area contributed by atoms with Crippen LogP contribution in [0.2, 0.25) is 0 Å². The Kier molecular flexibility index (Phi) is 7.26. The number of aliphatic hydroxyl groups is 1. The molecular formula is C20H33N3O4. The Labute approximate surface area is 161 Å². The molecule has 0 spiro atoms. The molecule has 1 amide bonds. The lowest BCUT2D eigenvalue weighted by atomic mass is 9.98. The molecule has 0 saturated carbocycles. The molecule has 0 unspecified atom stereocenters. The van der Waals surface area contributed by atoms with E-state index in [1.807, 2.05) is 19.9 Å². The van der Waals surface area contributed by atoms with Gasteiger partial charge in [-0.15, -0.1) is 0 Å². The third-order valence-corrected chi connectivity index (χ3v) is 5.46. The number of nitrogens with one attached hydrogen (secondary N) is 1. The molecule has 2 aliphatic heterocycles. The summed E-state index contributed by atoms with van der Waals surface area (Å²) < 4.78 is 11.5. The highest BCUT2D eigenvalue weighted by Crippen LogP contribution is 2.23. The Morgan fingerprint density at radius 3 is 2.85 bits per heavy atom. The molecule has 7 heteroatoms. The zero-order valence-corrected chi connectivity index (χ0v) is 16.5. The number of ether oxygens (including phenoxy) is 1. The monoisotopic (exact) mass is 379 g/mol. The smallest absolute Gasteiger partial charge is 0.222 e. The summed E-state index contributed by atoms with van der Waals surface area (Å²) in [5.74, 6) is 0.810. The molecule has 2 saturated heterocycles. The Morgan fingerprint density at radius 1 is 1.33 bits per heavy atom. The minimum absolute atomic E-state index is 0.0118. The molecule has 3 atom stereocenters. The number of likely N-dealkylation sites (tertiary alicyclic amines) is 1. The second-order valence-electron chi connectivity index (χ2n) is 8.17. The number of aliphatic hydroxyl groups excluding tert-OH is 1. The topological polar surface area (TPSA) is 87.8 Å². The SMILES string of the molecule is CC(C)C(=O)NC[C@H]1O[C@H](Cc2cc(CN3CCCCC3)on2)CC[C@@H]1O. The van der Waals surface area contributed by atoms with Crippen LogP contribution in [0.4, 0.5) is 0 Å². The van der Waals surface area contributed by atoms with Crippen LogP contribution in [0.1, 0.15) is 57.4 Å². The van der Waals surface area contributed by atoms with E-state index in [0.29, 0.717) is 19.4 Å². The molecule has 2 aliphatic rings. The van der Waals surface area contributed by atoms with Gasteiger partial charge in [-0.1, -0.05) is 25.4 Å². The van der Waals surface area contributed by atoms with Crippen molar-refractivity contribution in [3.63, 3.8) is 0 Å². The normalized spacial score (nSPS) is 27.0. The van der Waals surface area contributed by atoms with Crippen molar-refractivity contribution in [3.8, 4) is 0 Å². The van der Waals surface area contributed by atoms with Crippen molar-refractivity contribution >= 4 is 5.91 Å². The third kappa shape index (κ3) is 6.02. The summed E-state index contributed by atoms with van der Waals surface area (Å²) in [5.41, 5.74) is 0.897. The van der Waals surface area contributed by atoms with Crippen molar-refractivity contribution < 1.29 is 19.2 Å². The van der Waals surface area contributed by atoms with Gasteiger partial charge in [0.05, 0.1) is 24.4 Å². The number of amides is 1. The maximum atomic E-state index is 11.8. The zero-order chi connectivity index (χ0) is 19.2. The lowest BCUT2D eigenvalue weighted by Crippen LogP contribution is -2.47. The van der Waals surface area contributed by atoms with Gasteiger partial charge in [-0.25, -0.2) is 0 Å². The minimum Gasteiger partial charge on any atom is -0.390 e. The zero-order valence-electron chi connectivity index (χ0n) is 16.5. The van der Waals surface area contributed by atoms with Crippen LogP contribution in [-0.2, 0) is 22.5 Å². The predicted octanol–water partition coefficient (Wildman–Crippen LogP) is 1.88. The van der Waals surface area contributed by atoms with E-state index in [4.69, 9.17) is 9.26 Å². The summed E-state index contributed by atoms with van der Waals surface area (Å²) in [6, 6.07) is 2.03. The number of hydrogen-bond donors (Lipinski definition) is 2. The van der Waals surface area contributed by atoms with Crippen LogP contribution < -0.4 is 5.32 Å². The summed E-state index contributed by atoms with van der Waals surface area (Å²) in [6.45, 7) is 7.12. The van der Waals surface area contributed by atoms with E-state index in [0.717, 1.165) is 37.5 Å². The van der Waals surface area contributed by atoms with E-state index in [1.54, 1.807) is 0 Å². The molecule has 2 fully saturated rings. The lowest BCUT2D eigenvalue weighted by Gasteiger charge is -2.34.